The van der Waals surface area contributed by atoms with E-state index < -0.39 is 0 Å². The van der Waals surface area contributed by atoms with Crippen molar-refractivity contribution in [2.24, 2.45) is 0 Å². The maximum absolute atomic E-state index is 6.02. The third-order valence-corrected chi connectivity index (χ3v) is 3.65. The van der Waals surface area contributed by atoms with Gasteiger partial charge in [0, 0.05) is 31.3 Å². The number of benzene rings is 1. The van der Waals surface area contributed by atoms with Gasteiger partial charge in [-0.3, -0.25) is 0 Å². The third kappa shape index (κ3) is 4.57. The minimum Gasteiger partial charge on any atom is -0.428 e. The van der Waals surface area contributed by atoms with Crippen LogP contribution in [0.4, 0.5) is 0 Å². The fraction of sp³-hybridized carbons (Fsp3) is 0.333. The number of nitrogens with one attached hydrogen (secondary N) is 1. The standard InChI is InChI=1S/C12H13Cl2N3O2S/c1-18-5-4-15-7-11-16-17-12(20-11)19-10-6-8(13)2-3-9(10)14/h2-3,6,15H,4-5,7H2,1H3. The van der Waals surface area contributed by atoms with E-state index in [-0.39, 0.29) is 0 Å². The van der Waals surface area contributed by atoms with Crippen molar-refractivity contribution >= 4 is 34.5 Å². The van der Waals surface area contributed by atoms with Gasteiger partial charge in [-0.1, -0.05) is 39.6 Å². The van der Waals surface area contributed by atoms with Crippen molar-refractivity contribution in [1.29, 1.82) is 0 Å². The molecular weight excluding hydrogens is 321 g/mol. The molecule has 0 unspecified atom stereocenters. The molecule has 0 bridgehead atoms. The van der Waals surface area contributed by atoms with E-state index in [9.17, 15) is 0 Å². The Morgan fingerprint density at radius 2 is 2.15 bits per heavy atom. The van der Waals surface area contributed by atoms with Gasteiger partial charge < -0.3 is 14.8 Å². The van der Waals surface area contributed by atoms with E-state index in [2.05, 4.69) is 15.5 Å². The van der Waals surface area contributed by atoms with Crippen LogP contribution in [-0.2, 0) is 11.3 Å². The van der Waals surface area contributed by atoms with Crippen molar-refractivity contribution in [3.63, 3.8) is 0 Å². The molecule has 0 saturated heterocycles. The zero-order valence-corrected chi connectivity index (χ0v) is 13.1. The summed E-state index contributed by atoms with van der Waals surface area (Å²) in [4.78, 5) is 0. The van der Waals surface area contributed by atoms with Gasteiger partial charge in [0.15, 0.2) is 0 Å². The van der Waals surface area contributed by atoms with E-state index in [0.29, 0.717) is 34.1 Å². The molecule has 0 saturated carbocycles. The van der Waals surface area contributed by atoms with E-state index in [4.69, 9.17) is 32.7 Å². The molecule has 0 atom stereocenters. The topological polar surface area (TPSA) is 56.3 Å². The van der Waals surface area contributed by atoms with Crippen LogP contribution in [0.3, 0.4) is 0 Å². The molecule has 5 nitrogen and oxygen atoms in total. The highest BCUT2D eigenvalue weighted by atomic mass is 35.5. The monoisotopic (exact) mass is 333 g/mol. The largest absolute Gasteiger partial charge is 0.428 e. The van der Waals surface area contributed by atoms with Gasteiger partial charge in [0.25, 0.3) is 5.19 Å². The summed E-state index contributed by atoms with van der Waals surface area (Å²) in [5.41, 5.74) is 0. The van der Waals surface area contributed by atoms with Crippen molar-refractivity contribution in [2.45, 2.75) is 6.54 Å². The molecular formula is C12H13Cl2N3O2S. The molecule has 0 spiro atoms. The third-order valence-electron chi connectivity index (χ3n) is 2.30. The lowest BCUT2D eigenvalue weighted by atomic mass is 10.3. The number of rotatable bonds is 7. The van der Waals surface area contributed by atoms with Crippen LogP contribution in [0.5, 0.6) is 10.9 Å². The quantitative estimate of drug-likeness (QED) is 0.787. The second kappa shape index (κ2) is 7.75. The lowest BCUT2D eigenvalue weighted by molar-refractivity contribution is 0.199. The van der Waals surface area contributed by atoms with Crippen molar-refractivity contribution in [3.8, 4) is 10.9 Å². The summed E-state index contributed by atoms with van der Waals surface area (Å²) in [6, 6.07) is 5.01. The Hall–Kier alpha value is -0.920. The first-order valence-electron chi connectivity index (χ1n) is 5.84. The molecule has 20 heavy (non-hydrogen) atoms. The van der Waals surface area contributed by atoms with E-state index in [1.165, 1.54) is 11.3 Å². The summed E-state index contributed by atoms with van der Waals surface area (Å²) in [7, 11) is 1.66. The Kier molecular flexibility index (Phi) is 6.00. The van der Waals surface area contributed by atoms with Gasteiger partial charge in [0.05, 0.1) is 11.6 Å². The molecule has 1 aromatic carbocycles. The lowest BCUT2D eigenvalue weighted by Crippen LogP contribution is -2.18. The maximum atomic E-state index is 6.02. The molecule has 1 aromatic heterocycles. The maximum Gasteiger partial charge on any atom is 0.299 e. The second-order valence-electron chi connectivity index (χ2n) is 3.81. The number of methoxy groups -OCH3 is 1. The van der Waals surface area contributed by atoms with Crippen LogP contribution in [0, 0.1) is 0 Å². The lowest BCUT2D eigenvalue weighted by Gasteiger charge is -2.03. The summed E-state index contributed by atoms with van der Waals surface area (Å²) in [6.07, 6.45) is 0. The van der Waals surface area contributed by atoms with Crippen LogP contribution in [-0.4, -0.2) is 30.5 Å². The molecule has 2 rings (SSSR count). The van der Waals surface area contributed by atoms with Gasteiger partial charge in [0.1, 0.15) is 10.8 Å². The summed E-state index contributed by atoms with van der Waals surface area (Å²) in [6.45, 7) is 2.03. The SMILES string of the molecule is COCCNCc1nnc(Oc2cc(Cl)ccc2Cl)s1. The zero-order chi connectivity index (χ0) is 14.4. The van der Waals surface area contributed by atoms with Crippen LogP contribution in [0.15, 0.2) is 18.2 Å². The van der Waals surface area contributed by atoms with Crippen LogP contribution in [0.2, 0.25) is 10.0 Å². The second-order valence-corrected chi connectivity index (χ2v) is 5.68. The minimum absolute atomic E-state index is 0.428. The molecule has 0 aliphatic rings. The molecule has 0 amide bonds. The molecule has 0 aliphatic heterocycles. The fourth-order valence-electron chi connectivity index (χ4n) is 1.37. The van der Waals surface area contributed by atoms with Crippen LogP contribution < -0.4 is 10.1 Å². The Bertz CT molecular complexity index is 565. The number of aromatic nitrogens is 2. The van der Waals surface area contributed by atoms with Gasteiger partial charge in [-0.25, -0.2) is 0 Å². The van der Waals surface area contributed by atoms with E-state index in [1.54, 1.807) is 25.3 Å². The first kappa shape index (κ1) is 15.5. The highest BCUT2D eigenvalue weighted by molar-refractivity contribution is 7.13. The summed E-state index contributed by atoms with van der Waals surface area (Å²) in [5.74, 6) is 0.467. The molecule has 108 valence electrons. The molecule has 2 aromatic rings. The Morgan fingerprint density at radius 1 is 1.30 bits per heavy atom. The van der Waals surface area contributed by atoms with Crippen LogP contribution in [0.25, 0.3) is 0 Å². The van der Waals surface area contributed by atoms with Crippen molar-refractivity contribution < 1.29 is 9.47 Å². The predicted molar refractivity (Wildman–Crippen MR) is 80.0 cm³/mol. The van der Waals surface area contributed by atoms with Gasteiger partial charge in [0.2, 0.25) is 0 Å². The first-order valence-corrected chi connectivity index (χ1v) is 7.41. The number of hydrogen-bond acceptors (Lipinski definition) is 6. The normalized spacial score (nSPS) is 10.8. The van der Waals surface area contributed by atoms with Crippen LogP contribution in [0.1, 0.15) is 5.01 Å². The summed E-state index contributed by atoms with van der Waals surface area (Å²) < 4.78 is 10.5. The van der Waals surface area contributed by atoms with Crippen molar-refractivity contribution in [3.05, 3.63) is 33.3 Å². The van der Waals surface area contributed by atoms with Crippen molar-refractivity contribution in [1.82, 2.24) is 15.5 Å². The minimum atomic E-state index is 0.428. The Morgan fingerprint density at radius 3 is 2.95 bits per heavy atom. The van der Waals surface area contributed by atoms with Gasteiger partial charge >= 0.3 is 0 Å². The number of ether oxygens (including phenoxy) is 2. The van der Waals surface area contributed by atoms with Gasteiger partial charge in [-0.2, -0.15) is 0 Å². The Labute approximate surface area is 130 Å². The summed E-state index contributed by atoms with van der Waals surface area (Å²) in [5, 5.41) is 13.4. The molecule has 0 radical (unpaired) electrons. The van der Waals surface area contributed by atoms with E-state index >= 15 is 0 Å². The van der Waals surface area contributed by atoms with Gasteiger partial charge in [-0.05, 0) is 12.1 Å². The predicted octanol–water partition coefficient (Wildman–Crippen LogP) is 3.37. The highest BCUT2D eigenvalue weighted by Gasteiger charge is 2.09. The summed E-state index contributed by atoms with van der Waals surface area (Å²) >= 11 is 13.3. The zero-order valence-electron chi connectivity index (χ0n) is 10.7. The van der Waals surface area contributed by atoms with Crippen LogP contribution >= 0.6 is 34.5 Å². The first-order chi connectivity index (χ1) is 9.69. The highest BCUT2D eigenvalue weighted by Crippen LogP contribution is 2.32. The average Bonchev–Trinajstić information content (AvgIpc) is 2.87. The van der Waals surface area contributed by atoms with Crippen molar-refractivity contribution in [2.75, 3.05) is 20.3 Å². The molecule has 0 aliphatic carbocycles. The smallest absolute Gasteiger partial charge is 0.299 e. The number of halogens is 2. The molecule has 1 heterocycles. The molecule has 0 fully saturated rings. The van der Waals surface area contributed by atoms with Gasteiger partial charge in [-0.15, -0.1) is 5.10 Å². The van der Waals surface area contributed by atoms with E-state index in [1.807, 2.05) is 0 Å². The number of nitrogens with zero attached hydrogens (tertiary/aromatic N) is 2. The Balaban J connectivity index is 1.93. The molecule has 8 heteroatoms. The average molecular weight is 334 g/mol. The number of hydrogen-bond donors (Lipinski definition) is 1. The fourth-order valence-corrected chi connectivity index (χ4v) is 2.36. The molecule has 1 N–H and O–H groups in total. The van der Waals surface area contributed by atoms with E-state index in [0.717, 1.165) is 11.6 Å².